The van der Waals surface area contributed by atoms with Gasteiger partial charge in [0.05, 0.1) is 21.4 Å². The summed E-state index contributed by atoms with van der Waals surface area (Å²) in [4.78, 5) is 0.282. The van der Waals surface area contributed by atoms with E-state index in [4.69, 9.17) is 17.3 Å². The molecule has 0 unspecified atom stereocenters. The zero-order valence-corrected chi connectivity index (χ0v) is 13.0. The highest BCUT2D eigenvalue weighted by Crippen LogP contribution is 2.23. The van der Waals surface area contributed by atoms with Crippen LogP contribution in [0.2, 0.25) is 5.02 Å². The van der Waals surface area contributed by atoms with E-state index in [0.29, 0.717) is 16.3 Å². The number of nitrogens with two attached hydrogens (primary N) is 1. The summed E-state index contributed by atoms with van der Waals surface area (Å²) in [5.41, 5.74) is 6.66. The van der Waals surface area contributed by atoms with Crippen LogP contribution in [0.3, 0.4) is 0 Å². The third-order valence-electron chi connectivity index (χ3n) is 2.59. The summed E-state index contributed by atoms with van der Waals surface area (Å²) in [6.45, 7) is 0. The maximum atomic E-state index is 12.2. The normalized spacial score (nSPS) is 11.5. The molecule has 0 saturated heterocycles. The second-order valence-corrected chi connectivity index (χ2v) is 7.38. The van der Waals surface area contributed by atoms with E-state index in [1.807, 2.05) is 0 Å². The van der Waals surface area contributed by atoms with Crippen LogP contribution >= 0.6 is 27.5 Å². The fraction of sp³-hybridized carbons (Fsp3) is 0.0769. The molecule has 2 aromatic rings. The molecule has 6 heteroatoms. The Kier molecular flexibility index (Phi) is 4.18. The SMILES string of the molecule is Nc1cc(CS(=O)(=O)c2ccc(Br)cc2)ccc1Cl. The molecule has 0 saturated carbocycles. The first-order valence-electron chi connectivity index (χ1n) is 5.41. The monoisotopic (exact) mass is 359 g/mol. The minimum atomic E-state index is -3.38. The van der Waals surface area contributed by atoms with Crippen molar-refractivity contribution in [3.8, 4) is 0 Å². The van der Waals surface area contributed by atoms with Gasteiger partial charge in [0.15, 0.2) is 9.84 Å². The minimum absolute atomic E-state index is 0.101. The molecule has 0 fully saturated rings. The predicted octanol–water partition coefficient (Wildman–Crippen LogP) is 3.66. The van der Waals surface area contributed by atoms with Crippen molar-refractivity contribution >= 4 is 43.1 Å². The quantitative estimate of drug-likeness (QED) is 0.850. The van der Waals surface area contributed by atoms with Gasteiger partial charge >= 0.3 is 0 Å². The molecule has 0 aliphatic rings. The summed E-state index contributed by atoms with van der Waals surface area (Å²) in [6.07, 6.45) is 0. The molecular weight excluding hydrogens is 350 g/mol. The zero-order valence-electron chi connectivity index (χ0n) is 9.81. The summed E-state index contributed by atoms with van der Waals surface area (Å²) in [5.74, 6) is -0.101. The second-order valence-electron chi connectivity index (χ2n) is 4.07. The lowest BCUT2D eigenvalue weighted by Crippen LogP contribution is -2.05. The van der Waals surface area contributed by atoms with Gasteiger partial charge in [-0.1, -0.05) is 33.6 Å². The smallest absolute Gasteiger partial charge is 0.182 e. The molecule has 0 radical (unpaired) electrons. The Labute approximate surface area is 125 Å². The molecule has 0 heterocycles. The van der Waals surface area contributed by atoms with Gasteiger partial charge in [0.25, 0.3) is 0 Å². The largest absolute Gasteiger partial charge is 0.398 e. The number of sulfone groups is 1. The van der Waals surface area contributed by atoms with Crippen LogP contribution in [0, 0.1) is 0 Å². The van der Waals surface area contributed by atoms with Crippen LogP contribution in [-0.4, -0.2) is 8.42 Å². The van der Waals surface area contributed by atoms with Gasteiger partial charge in [-0.3, -0.25) is 0 Å². The van der Waals surface area contributed by atoms with E-state index in [0.717, 1.165) is 4.47 Å². The van der Waals surface area contributed by atoms with Gasteiger partial charge < -0.3 is 5.73 Å². The Morgan fingerprint density at radius 2 is 1.74 bits per heavy atom. The summed E-state index contributed by atoms with van der Waals surface area (Å²) in [7, 11) is -3.38. The molecule has 19 heavy (non-hydrogen) atoms. The second kappa shape index (κ2) is 5.53. The maximum absolute atomic E-state index is 12.2. The van der Waals surface area contributed by atoms with Crippen molar-refractivity contribution in [3.05, 3.63) is 57.5 Å². The molecule has 0 amide bonds. The molecule has 0 aliphatic carbocycles. The van der Waals surface area contributed by atoms with E-state index in [-0.39, 0.29) is 10.6 Å². The highest BCUT2D eigenvalue weighted by Gasteiger charge is 2.15. The van der Waals surface area contributed by atoms with Gasteiger partial charge in [-0.05, 0) is 42.0 Å². The molecule has 0 bridgehead atoms. The lowest BCUT2D eigenvalue weighted by atomic mass is 10.2. The lowest BCUT2D eigenvalue weighted by Gasteiger charge is -2.06. The van der Waals surface area contributed by atoms with Gasteiger partial charge in [-0.15, -0.1) is 0 Å². The number of hydrogen-bond donors (Lipinski definition) is 1. The fourth-order valence-corrected chi connectivity index (χ4v) is 3.35. The molecule has 0 spiro atoms. The average Bonchev–Trinajstić information content (AvgIpc) is 2.34. The third kappa shape index (κ3) is 3.49. The first-order chi connectivity index (χ1) is 8.88. The molecule has 0 aliphatic heterocycles. The van der Waals surface area contributed by atoms with Crippen LogP contribution in [0.25, 0.3) is 0 Å². The molecule has 3 nitrogen and oxygen atoms in total. The summed E-state index contributed by atoms with van der Waals surface area (Å²) < 4.78 is 25.3. The maximum Gasteiger partial charge on any atom is 0.182 e. The van der Waals surface area contributed by atoms with E-state index in [9.17, 15) is 8.42 Å². The van der Waals surface area contributed by atoms with Gasteiger partial charge in [-0.25, -0.2) is 8.42 Å². The van der Waals surface area contributed by atoms with Gasteiger partial charge in [0, 0.05) is 4.47 Å². The number of nitrogen functional groups attached to an aromatic ring is 1. The first kappa shape index (κ1) is 14.4. The Morgan fingerprint density at radius 1 is 1.11 bits per heavy atom. The van der Waals surface area contributed by atoms with Crippen molar-refractivity contribution < 1.29 is 8.42 Å². The Hall–Kier alpha value is -1.04. The summed E-state index contributed by atoms with van der Waals surface area (Å²) >= 11 is 9.08. The Balaban J connectivity index is 2.30. The van der Waals surface area contributed by atoms with Crippen LogP contribution in [0.15, 0.2) is 51.8 Å². The Bertz CT molecular complexity index is 699. The lowest BCUT2D eigenvalue weighted by molar-refractivity contribution is 0.595. The van der Waals surface area contributed by atoms with Crippen LogP contribution in [-0.2, 0) is 15.6 Å². The van der Waals surface area contributed by atoms with Crippen LogP contribution in [0.1, 0.15) is 5.56 Å². The summed E-state index contributed by atoms with van der Waals surface area (Å²) in [5, 5.41) is 0.421. The molecule has 100 valence electrons. The van der Waals surface area contributed by atoms with Crippen molar-refractivity contribution in [2.45, 2.75) is 10.6 Å². The molecular formula is C13H11BrClNO2S. The number of anilines is 1. The van der Waals surface area contributed by atoms with Gasteiger partial charge in [0.1, 0.15) is 0 Å². The third-order valence-corrected chi connectivity index (χ3v) is 5.17. The van der Waals surface area contributed by atoms with Gasteiger partial charge in [0.2, 0.25) is 0 Å². The van der Waals surface area contributed by atoms with Crippen molar-refractivity contribution in [2.24, 2.45) is 0 Å². The van der Waals surface area contributed by atoms with E-state index in [2.05, 4.69) is 15.9 Å². The Morgan fingerprint density at radius 3 is 2.32 bits per heavy atom. The highest BCUT2D eigenvalue weighted by molar-refractivity contribution is 9.10. The minimum Gasteiger partial charge on any atom is -0.398 e. The number of halogens is 2. The van der Waals surface area contributed by atoms with E-state index in [1.54, 1.807) is 42.5 Å². The van der Waals surface area contributed by atoms with Crippen molar-refractivity contribution in [1.29, 1.82) is 0 Å². The standard InChI is InChI=1S/C13H11BrClNO2S/c14-10-2-4-11(5-3-10)19(17,18)8-9-1-6-12(15)13(16)7-9/h1-7H,8,16H2. The van der Waals surface area contributed by atoms with Crippen LogP contribution in [0.4, 0.5) is 5.69 Å². The van der Waals surface area contributed by atoms with Crippen LogP contribution in [0.5, 0.6) is 0 Å². The molecule has 2 rings (SSSR count). The molecule has 2 aromatic carbocycles. The number of benzene rings is 2. The topological polar surface area (TPSA) is 60.2 Å². The van der Waals surface area contributed by atoms with E-state index < -0.39 is 9.84 Å². The van der Waals surface area contributed by atoms with E-state index >= 15 is 0 Å². The van der Waals surface area contributed by atoms with Crippen molar-refractivity contribution in [3.63, 3.8) is 0 Å². The van der Waals surface area contributed by atoms with Crippen molar-refractivity contribution in [1.82, 2.24) is 0 Å². The fourth-order valence-electron chi connectivity index (χ4n) is 1.63. The average molecular weight is 361 g/mol. The van der Waals surface area contributed by atoms with E-state index in [1.165, 1.54) is 0 Å². The van der Waals surface area contributed by atoms with Crippen molar-refractivity contribution in [2.75, 3.05) is 5.73 Å². The highest BCUT2D eigenvalue weighted by atomic mass is 79.9. The zero-order chi connectivity index (χ0) is 14.0. The molecule has 2 N–H and O–H groups in total. The van der Waals surface area contributed by atoms with Gasteiger partial charge in [-0.2, -0.15) is 0 Å². The number of hydrogen-bond acceptors (Lipinski definition) is 3. The first-order valence-corrected chi connectivity index (χ1v) is 8.23. The summed E-state index contributed by atoms with van der Waals surface area (Å²) in [6, 6.07) is 11.4. The molecule has 0 aromatic heterocycles. The van der Waals surface area contributed by atoms with Crippen LogP contribution < -0.4 is 5.73 Å². The predicted molar refractivity (Wildman–Crippen MR) is 80.9 cm³/mol. The number of rotatable bonds is 3. The molecule has 0 atom stereocenters.